The van der Waals surface area contributed by atoms with Crippen molar-refractivity contribution in [1.82, 2.24) is 5.32 Å². The van der Waals surface area contributed by atoms with Gasteiger partial charge in [-0.3, -0.25) is 4.79 Å². The third-order valence-electron chi connectivity index (χ3n) is 3.35. The zero-order chi connectivity index (χ0) is 15.1. The fraction of sp³-hybridized carbons (Fsp3) is 0.278. The highest BCUT2D eigenvalue weighted by Gasteiger charge is 2.05. The number of amides is 1. The van der Waals surface area contributed by atoms with Gasteiger partial charge in [0, 0.05) is 24.3 Å². The van der Waals surface area contributed by atoms with Crippen LogP contribution in [0.1, 0.15) is 35.7 Å². The Morgan fingerprint density at radius 1 is 0.952 bits per heavy atom. The number of anilines is 1. The standard InChI is InChI=1S/C18H22N2O/c1-14(2)15-8-10-16(11-9-15)18(21)20-13-12-19-17-6-4-3-5-7-17/h3-11,14,19H,12-13H2,1-2H3,(H,20,21). The third-order valence-corrected chi connectivity index (χ3v) is 3.35. The molecule has 0 aliphatic heterocycles. The number of benzene rings is 2. The second kappa shape index (κ2) is 7.48. The van der Waals surface area contributed by atoms with E-state index in [1.54, 1.807) is 0 Å². The zero-order valence-corrected chi connectivity index (χ0v) is 12.6. The second-order valence-electron chi connectivity index (χ2n) is 5.33. The predicted octanol–water partition coefficient (Wildman–Crippen LogP) is 3.65. The molecule has 0 heterocycles. The first-order valence-corrected chi connectivity index (χ1v) is 7.34. The van der Waals surface area contributed by atoms with Crippen LogP contribution in [-0.2, 0) is 0 Å². The number of rotatable bonds is 6. The van der Waals surface area contributed by atoms with Gasteiger partial charge >= 0.3 is 0 Å². The van der Waals surface area contributed by atoms with Crippen LogP contribution in [0.2, 0.25) is 0 Å². The second-order valence-corrected chi connectivity index (χ2v) is 5.33. The minimum absolute atomic E-state index is 0.0276. The van der Waals surface area contributed by atoms with Crippen molar-refractivity contribution in [2.75, 3.05) is 18.4 Å². The predicted molar refractivity (Wildman–Crippen MR) is 87.8 cm³/mol. The summed E-state index contributed by atoms with van der Waals surface area (Å²) in [6.07, 6.45) is 0. The molecule has 0 aromatic heterocycles. The highest BCUT2D eigenvalue weighted by Crippen LogP contribution is 2.14. The fourth-order valence-corrected chi connectivity index (χ4v) is 2.06. The Balaban J connectivity index is 1.76. The lowest BCUT2D eigenvalue weighted by atomic mass is 10.0. The first kappa shape index (κ1) is 15.1. The average molecular weight is 282 g/mol. The highest BCUT2D eigenvalue weighted by molar-refractivity contribution is 5.94. The van der Waals surface area contributed by atoms with Crippen molar-refractivity contribution in [2.24, 2.45) is 0 Å². The van der Waals surface area contributed by atoms with Crippen LogP contribution in [0.3, 0.4) is 0 Å². The summed E-state index contributed by atoms with van der Waals surface area (Å²) >= 11 is 0. The molecule has 0 bridgehead atoms. The summed E-state index contributed by atoms with van der Waals surface area (Å²) in [5.74, 6) is 0.456. The van der Waals surface area contributed by atoms with Gasteiger partial charge in [0.25, 0.3) is 5.91 Å². The lowest BCUT2D eigenvalue weighted by Crippen LogP contribution is -2.28. The SMILES string of the molecule is CC(C)c1ccc(C(=O)NCCNc2ccccc2)cc1. The van der Waals surface area contributed by atoms with Gasteiger partial charge in [0.2, 0.25) is 0 Å². The maximum absolute atomic E-state index is 12.0. The van der Waals surface area contributed by atoms with Gasteiger partial charge in [0.05, 0.1) is 0 Å². The van der Waals surface area contributed by atoms with Crippen molar-refractivity contribution in [3.8, 4) is 0 Å². The van der Waals surface area contributed by atoms with Crippen LogP contribution in [0.15, 0.2) is 54.6 Å². The average Bonchev–Trinajstić information content (AvgIpc) is 2.52. The minimum Gasteiger partial charge on any atom is -0.383 e. The molecule has 0 atom stereocenters. The van der Waals surface area contributed by atoms with Crippen molar-refractivity contribution in [1.29, 1.82) is 0 Å². The number of para-hydroxylation sites is 1. The Kier molecular flexibility index (Phi) is 5.38. The molecule has 2 N–H and O–H groups in total. The van der Waals surface area contributed by atoms with Gasteiger partial charge in [-0.15, -0.1) is 0 Å². The van der Waals surface area contributed by atoms with Crippen LogP contribution >= 0.6 is 0 Å². The van der Waals surface area contributed by atoms with E-state index in [1.165, 1.54) is 5.56 Å². The molecule has 3 nitrogen and oxygen atoms in total. The van der Waals surface area contributed by atoms with Crippen molar-refractivity contribution < 1.29 is 4.79 Å². The molecule has 0 saturated carbocycles. The Morgan fingerprint density at radius 2 is 1.62 bits per heavy atom. The maximum Gasteiger partial charge on any atom is 0.251 e. The molecular weight excluding hydrogens is 260 g/mol. The van der Waals surface area contributed by atoms with E-state index in [1.807, 2.05) is 54.6 Å². The molecule has 2 aromatic carbocycles. The molecule has 2 rings (SSSR count). The van der Waals surface area contributed by atoms with Gasteiger partial charge in [-0.05, 0) is 35.7 Å². The quantitative estimate of drug-likeness (QED) is 0.794. The number of hydrogen-bond acceptors (Lipinski definition) is 2. The van der Waals surface area contributed by atoms with Crippen LogP contribution in [0.25, 0.3) is 0 Å². The Bertz CT molecular complexity index is 562. The molecule has 21 heavy (non-hydrogen) atoms. The molecule has 0 fully saturated rings. The van der Waals surface area contributed by atoms with Crippen LogP contribution in [0, 0.1) is 0 Å². The zero-order valence-electron chi connectivity index (χ0n) is 12.6. The van der Waals surface area contributed by atoms with Crippen molar-refractivity contribution in [3.05, 3.63) is 65.7 Å². The van der Waals surface area contributed by atoms with Crippen LogP contribution in [0.4, 0.5) is 5.69 Å². The highest BCUT2D eigenvalue weighted by atomic mass is 16.1. The van der Waals surface area contributed by atoms with E-state index in [4.69, 9.17) is 0 Å². The van der Waals surface area contributed by atoms with Crippen molar-refractivity contribution in [3.63, 3.8) is 0 Å². The van der Waals surface area contributed by atoms with Gasteiger partial charge in [0.15, 0.2) is 0 Å². The summed E-state index contributed by atoms with van der Waals surface area (Å²) < 4.78 is 0. The van der Waals surface area contributed by atoms with E-state index in [-0.39, 0.29) is 5.91 Å². The molecular formula is C18H22N2O. The molecule has 0 spiro atoms. The van der Waals surface area contributed by atoms with Gasteiger partial charge in [-0.1, -0.05) is 44.2 Å². The molecule has 110 valence electrons. The number of nitrogens with one attached hydrogen (secondary N) is 2. The molecule has 0 aliphatic rings. The Hall–Kier alpha value is -2.29. The summed E-state index contributed by atoms with van der Waals surface area (Å²) in [5, 5.41) is 6.18. The summed E-state index contributed by atoms with van der Waals surface area (Å²) in [6.45, 7) is 5.59. The van der Waals surface area contributed by atoms with E-state index in [0.29, 0.717) is 24.6 Å². The lowest BCUT2D eigenvalue weighted by Gasteiger charge is -2.09. The first-order valence-electron chi connectivity index (χ1n) is 7.34. The number of hydrogen-bond donors (Lipinski definition) is 2. The summed E-state index contributed by atoms with van der Waals surface area (Å²) in [6, 6.07) is 17.8. The molecule has 2 aromatic rings. The van der Waals surface area contributed by atoms with Crippen LogP contribution in [0.5, 0.6) is 0 Å². The minimum atomic E-state index is -0.0276. The van der Waals surface area contributed by atoms with E-state index in [0.717, 1.165) is 5.69 Å². The van der Waals surface area contributed by atoms with Gasteiger partial charge in [-0.2, -0.15) is 0 Å². The summed E-state index contributed by atoms with van der Waals surface area (Å²) in [7, 11) is 0. The van der Waals surface area contributed by atoms with Crippen LogP contribution in [-0.4, -0.2) is 19.0 Å². The first-order chi connectivity index (χ1) is 10.2. The smallest absolute Gasteiger partial charge is 0.251 e. The van der Waals surface area contributed by atoms with E-state index < -0.39 is 0 Å². The summed E-state index contributed by atoms with van der Waals surface area (Å²) in [5.41, 5.74) is 3.02. The van der Waals surface area contributed by atoms with Gasteiger partial charge in [-0.25, -0.2) is 0 Å². The molecule has 0 unspecified atom stereocenters. The third kappa shape index (κ3) is 4.63. The van der Waals surface area contributed by atoms with Crippen molar-refractivity contribution in [2.45, 2.75) is 19.8 Å². The number of carbonyl (C=O) groups is 1. The monoisotopic (exact) mass is 282 g/mol. The summed E-state index contributed by atoms with van der Waals surface area (Å²) in [4.78, 5) is 12.0. The van der Waals surface area contributed by atoms with Crippen LogP contribution < -0.4 is 10.6 Å². The normalized spacial score (nSPS) is 10.4. The van der Waals surface area contributed by atoms with E-state index in [9.17, 15) is 4.79 Å². The number of carbonyl (C=O) groups excluding carboxylic acids is 1. The fourth-order valence-electron chi connectivity index (χ4n) is 2.06. The Morgan fingerprint density at radius 3 is 2.24 bits per heavy atom. The maximum atomic E-state index is 12.0. The van der Waals surface area contributed by atoms with E-state index in [2.05, 4.69) is 24.5 Å². The largest absolute Gasteiger partial charge is 0.383 e. The van der Waals surface area contributed by atoms with Gasteiger partial charge < -0.3 is 10.6 Å². The molecule has 0 aliphatic carbocycles. The lowest BCUT2D eigenvalue weighted by molar-refractivity contribution is 0.0955. The van der Waals surface area contributed by atoms with Gasteiger partial charge in [0.1, 0.15) is 0 Å². The molecule has 0 radical (unpaired) electrons. The Labute approximate surface area is 126 Å². The topological polar surface area (TPSA) is 41.1 Å². The van der Waals surface area contributed by atoms with Crippen molar-refractivity contribution >= 4 is 11.6 Å². The van der Waals surface area contributed by atoms with E-state index >= 15 is 0 Å². The molecule has 0 saturated heterocycles. The molecule has 3 heteroatoms. The molecule has 1 amide bonds.